The van der Waals surface area contributed by atoms with E-state index in [1.165, 1.54) is 4.88 Å². The van der Waals surface area contributed by atoms with Crippen molar-refractivity contribution in [1.82, 2.24) is 0 Å². The quantitative estimate of drug-likeness (QED) is 0.850. The Balaban J connectivity index is 2.14. The van der Waals surface area contributed by atoms with Crippen molar-refractivity contribution in [2.45, 2.75) is 18.9 Å². The molecule has 78 valence electrons. The highest BCUT2D eigenvalue weighted by Crippen LogP contribution is 2.37. The Kier molecular flexibility index (Phi) is 3.44. The second kappa shape index (κ2) is 4.62. The van der Waals surface area contributed by atoms with Crippen LogP contribution in [0.15, 0.2) is 11.4 Å². The van der Waals surface area contributed by atoms with Crippen molar-refractivity contribution >= 4 is 22.9 Å². The van der Waals surface area contributed by atoms with Gasteiger partial charge in [-0.05, 0) is 25.5 Å². The number of halogens is 1. The highest BCUT2D eigenvalue weighted by Gasteiger charge is 2.27. The fourth-order valence-corrected chi connectivity index (χ4v) is 3.10. The molecule has 0 spiro atoms. The third-order valence-electron chi connectivity index (χ3n) is 2.62. The SMILES string of the molecule is NCC1CCCOC1c1cc(Cl)cs1. The fraction of sp³-hybridized carbons (Fsp3) is 0.600. The molecule has 2 rings (SSSR count). The van der Waals surface area contributed by atoms with Crippen LogP contribution >= 0.6 is 22.9 Å². The van der Waals surface area contributed by atoms with Crippen molar-refractivity contribution in [3.8, 4) is 0 Å². The van der Waals surface area contributed by atoms with Gasteiger partial charge in [-0.2, -0.15) is 0 Å². The Morgan fingerprint density at radius 1 is 1.64 bits per heavy atom. The predicted octanol–water partition coefficient (Wildman–Crippen LogP) is 2.83. The van der Waals surface area contributed by atoms with Gasteiger partial charge in [0.15, 0.2) is 0 Å². The zero-order valence-corrected chi connectivity index (χ0v) is 9.48. The van der Waals surface area contributed by atoms with Crippen molar-refractivity contribution in [3.63, 3.8) is 0 Å². The lowest BCUT2D eigenvalue weighted by molar-refractivity contribution is -0.0229. The van der Waals surface area contributed by atoms with E-state index in [0.29, 0.717) is 12.5 Å². The molecule has 1 saturated heterocycles. The van der Waals surface area contributed by atoms with E-state index in [1.807, 2.05) is 11.4 Å². The van der Waals surface area contributed by atoms with E-state index in [2.05, 4.69) is 0 Å². The molecule has 0 amide bonds. The maximum atomic E-state index is 5.89. The molecule has 2 N–H and O–H groups in total. The smallest absolute Gasteiger partial charge is 0.0957 e. The summed E-state index contributed by atoms with van der Waals surface area (Å²) >= 11 is 7.56. The topological polar surface area (TPSA) is 35.2 Å². The summed E-state index contributed by atoms with van der Waals surface area (Å²) < 4.78 is 5.75. The third kappa shape index (κ3) is 2.11. The molecule has 0 aliphatic carbocycles. The second-order valence-corrected chi connectivity index (χ2v) is 4.98. The van der Waals surface area contributed by atoms with Gasteiger partial charge in [-0.15, -0.1) is 11.3 Å². The zero-order chi connectivity index (χ0) is 9.97. The lowest BCUT2D eigenvalue weighted by Gasteiger charge is -2.30. The molecule has 0 aromatic carbocycles. The molecule has 1 aromatic heterocycles. The number of hydrogen-bond acceptors (Lipinski definition) is 3. The minimum absolute atomic E-state index is 0.172. The van der Waals surface area contributed by atoms with Crippen molar-refractivity contribution in [2.75, 3.05) is 13.2 Å². The van der Waals surface area contributed by atoms with Crippen LogP contribution in [0.1, 0.15) is 23.8 Å². The number of nitrogens with two attached hydrogens (primary N) is 1. The number of ether oxygens (including phenoxy) is 1. The summed E-state index contributed by atoms with van der Waals surface area (Å²) in [6, 6.07) is 1.99. The van der Waals surface area contributed by atoms with Crippen LogP contribution in [-0.4, -0.2) is 13.2 Å². The van der Waals surface area contributed by atoms with E-state index in [1.54, 1.807) is 11.3 Å². The zero-order valence-electron chi connectivity index (χ0n) is 7.91. The fourth-order valence-electron chi connectivity index (χ4n) is 1.88. The molecule has 2 unspecified atom stereocenters. The lowest BCUT2D eigenvalue weighted by atomic mass is 9.93. The molecule has 0 saturated carbocycles. The third-order valence-corrected chi connectivity index (χ3v) is 3.96. The Morgan fingerprint density at radius 3 is 3.14 bits per heavy atom. The van der Waals surface area contributed by atoms with Gasteiger partial charge in [0.25, 0.3) is 0 Å². The molecule has 1 aliphatic heterocycles. The molecular weight excluding hydrogens is 218 g/mol. The molecule has 1 aromatic rings. The maximum absolute atomic E-state index is 5.89. The summed E-state index contributed by atoms with van der Waals surface area (Å²) in [5.41, 5.74) is 5.73. The minimum Gasteiger partial charge on any atom is -0.372 e. The number of hydrogen-bond donors (Lipinski definition) is 1. The molecule has 14 heavy (non-hydrogen) atoms. The molecule has 2 atom stereocenters. The van der Waals surface area contributed by atoms with Crippen LogP contribution in [0, 0.1) is 5.92 Å². The van der Waals surface area contributed by atoms with Gasteiger partial charge in [0.1, 0.15) is 0 Å². The summed E-state index contributed by atoms with van der Waals surface area (Å²) in [7, 11) is 0. The standard InChI is InChI=1S/C10H14ClNOS/c11-8-4-9(14-6-8)10-7(5-12)2-1-3-13-10/h4,6-7,10H,1-3,5,12H2. The average Bonchev–Trinajstić information content (AvgIpc) is 2.65. The van der Waals surface area contributed by atoms with E-state index in [4.69, 9.17) is 22.1 Å². The van der Waals surface area contributed by atoms with Gasteiger partial charge in [0.2, 0.25) is 0 Å². The average molecular weight is 232 g/mol. The van der Waals surface area contributed by atoms with Crippen LogP contribution in [0.4, 0.5) is 0 Å². The van der Waals surface area contributed by atoms with E-state index >= 15 is 0 Å². The molecule has 1 aliphatic rings. The molecule has 0 radical (unpaired) electrons. The van der Waals surface area contributed by atoms with Crippen molar-refractivity contribution in [3.05, 3.63) is 21.3 Å². The van der Waals surface area contributed by atoms with Gasteiger partial charge in [-0.1, -0.05) is 11.6 Å². The largest absolute Gasteiger partial charge is 0.372 e. The van der Waals surface area contributed by atoms with Gasteiger partial charge >= 0.3 is 0 Å². The van der Waals surface area contributed by atoms with Crippen LogP contribution in [0.5, 0.6) is 0 Å². The summed E-state index contributed by atoms with van der Waals surface area (Å²) in [4.78, 5) is 1.21. The first-order chi connectivity index (χ1) is 6.81. The predicted molar refractivity (Wildman–Crippen MR) is 59.8 cm³/mol. The molecule has 2 heterocycles. The normalized spacial score (nSPS) is 27.9. The first-order valence-electron chi connectivity index (χ1n) is 4.87. The van der Waals surface area contributed by atoms with Crippen molar-refractivity contribution in [2.24, 2.45) is 11.7 Å². The molecule has 1 fully saturated rings. The van der Waals surface area contributed by atoms with Crippen LogP contribution in [0.2, 0.25) is 5.02 Å². The van der Waals surface area contributed by atoms with Gasteiger partial charge in [-0.25, -0.2) is 0 Å². The monoisotopic (exact) mass is 231 g/mol. The lowest BCUT2D eigenvalue weighted by Crippen LogP contribution is -2.28. The summed E-state index contributed by atoms with van der Waals surface area (Å²) in [6.07, 6.45) is 2.46. The van der Waals surface area contributed by atoms with Crippen LogP contribution in [0.3, 0.4) is 0 Å². The number of thiophene rings is 1. The van der Waals surface area contributed by atoms with E-state index in [9.17, 15) is 0 Å². The van der Waals surface area contributed by atoms with E-state index in [0.717, 1.165) is 24.5 Å². The molecule has 0 bridgehead atoms. The van der Waals surface area contributed by atoms with Gasteiger partial charge in [0.05, 0.1) is 11.1 Å². The second-order valence-electron chi connectivity index (χ2n) is 3.60. The summed E-state index contributed by atoms with van der Waals surface area (Å²) in [5.74, 6) is 0.457. The van der Waals surface area contributed by atoms with Gasteiger partial charge in [-0.3, -0.25) is 0 Å². The van der Waals surface area contributed by atoms with Crippen molar-refractivity contribution in [1.29, 1.82) is 0 Å². The van der Waals surface area contributed by atoms with Crippen LogP contribution in [0.25, 0.3) is 0 Å². The van der Waals surface area contributed by atoms with Gasteiger partial charge < -0.3 is 10.5 Å². The number of rotatable bonds is 2. The van der Waals surface area contributed by atoms with E-state index in [-0.39, 0.29) is 6.10 Å². The highest BCUT2D eigenvalue weighted by atomic mass is 35.5. The first-order valence-corrected chi connectivity index (χ1v) is 6.12. The Morgan fingerprint density at radius 2 is 2.50 bits per heavy atom. The first kappa shape index (κ1) is 10.4. The van der Waals surface area contributed by atoms with E-state index < -0.39 is 0 Å². The minimum atomic E-state index is 0.172. The molecular formula is C10H14ClNOS. The Hall–Kier alpha value is -0.0900. The van der Waals surface area contributed by atoms with Crippen LogP contribution in [-0.2, 0) is 4.74 Å². The Bertz CT molecular complexity index is 302. The molecule has 2 nitrogen and oxygen atoms in total. The van der Waals surface area contributed by atoms with Gasteiger partial charge in [0, 0.05) is 22.8 Å². The maximum Gasteiger partial charge on any atom is 0.0957 e. The summed E-state index contributed by atoms with van der Waals surface area (Å²) in [6.45, 7) is 1.54. The highest BCUT2D eigenvalue weighted by molar-refractivity contribution is 7.10. The Labute approximate surface area is 93.0 Å². The molecule has 4 heteroatoms. The van der Waals surface area contributed by atoms with Crippen LogP contribution < -0.4 is 5.73 Å². The summed E-state index contributed by atoms with van der Waals surface area (Å²) in [5, 5.41) is 2.75. The van der Waals surface area contributed by atoms with Crippen molar-refractivity contribution < 1.29 is 4.74 Å².